The van der Waals surface area contributed by atoms with Gasteiger partial charge in [0.05, 0.1) is 12.1 Å². The molecule has 3 atom stereocenters. The van der Waals surface area contributed by atoms with E-state index in [1.54, 1.807) is 0 Å². The highest BCUT2D eigenvalue weighted by Crippen LogP contribution is 2.22. The number of hydrogen-bond acceptors (Lipinski definition) is 4. The predicted octanol–water partition coefficient (Wildman–Crippen LogP) is 0.973. The topological polar surface area (TPSA) is 84.7 Å². The minimum atomic E-state index is -0.445. The SMILES string of the molecule is NC[C@H]1CC[C@@H](C(=O)NC(CN2CCCC2=O)c2ccccc2)O1. The average Bonchev–Trinajstić information content (AvgIpc) is 3.24. The van der Waals surface area contributed by atoms with Crippen molar-refractivity contribution < 1.29 is 14.3 Å². The van der Waals surface area contributed by atoms with Gasteiger partial charge in [-0.25, -0.2) is 0 Å². The summed E-state index contributed by atoms with van der Waals surface area (Å²) in [6.45, 7) is 1.70. The molecule has 1 aromatic rings. The molecule has 24 heavy (non-hydrogen) atoms. The molecule has 2 saturated heterocycles. The Bertz CT molecular complexity index is 578. The smallest absolute Gasteiger partial charge is 0.249 e. The van der Waals surface area contributed by atoms with E-state index < -0.39 is 6.10 Å². The Balaban J connectivity index is 1.68. The van der Waals surface area contributed by atoms with E-state index in [2.05, 4.69) is 5.32 Å². The van der Waals surface area contributed by atoms with Crippen LogP contribution in [0.2, 0.25) is 0 Å². The van der Waals surface area contributed by atoms with Crippen molar-refractivity contribution in [2.24, 2.45) is 5.73 Å². The van der Waals surface area contributed by atoms with Gasteiger partial charge in [0.25, 0.3) is 0 Å². The Kier molecular flexibility index (Phi) is 5.48. The molecule has 1 aromatic carbocycles. The lowest BCUT2D eigenvalue weighted by Crippen LogP contribution is -2.42. The zero-order valence-electron chi connectivity index (χ0n) is 13.8. The van der Waals surface area contributed by atoms with E-state index in [4.69, 9.17) is 10.5 Å². The summed E-state index contributed by atoms with van der Waals surface area (Å²) < 4.78 is 5.68. The van der Waals surface area contributed by atoms with Crippen molar-refractivity contribution >= 4 is 11.8 Å². The maximum atomic E-state index is 12.6. The average molecular weight is 331 g/mol. The molecule has 0 aliphatic carbocycles. The summed E-state index contributed by atoms with van der Waals surface area (Å²) >= 11 is 0. The van der Waals surface area contributed by atoms with Crippen LogP contribution in [0.3, 0.4) is 0 Å². The van der Waals surface area contributed by atoms with Gasteiger partial charge in [-0.3, -0.25) is 9.59 Å². The van der Waals surface area contributed by atoms with Crippen molar-refractivity contribution in [3.05, 3.63) is 35.9 Å². The van der Waals surface area contributed by atoms with Crippen LogP contribution in [-0.4, -0.2) is 48.6 Å². The van der Waals surface area contributed by atoms with Gasteiger partial charge < -0.3 is 20.7 Å². The summed E-state index contributed by atoms with van der Waals surface area (Å²) in [6, 6.07) is 9.55. The fraction of sp³-hybridized carbons (Fsp3) is 0.556. The summed E-state index contributed by atoms with van der Waals surface area (Å²) in [6.07, 6.45) is 2.51. The third-order valence-corrected chi connectivity index (χ3v) is 4.76. The Morgan fingerprint density at radius 1 is 1.33 bits per heavy atom. The van der Waals surface area contributed by atoms with E-state index in [1.807, 2.05) is 35.2 Å². The van der Waals surface area contributed by atoms with Crippen LogP contribution in [-0.2, 0) is 14.3 Å². The third-order valence-electron chi connectivity index (χ3n) is 4.76. The summed E-state index contributed by atoms with van der Waals surface area (Å²) in [5, 5.41) is 3.07. The quantitative estimate of drug-likeness (QED) is 0.813. The molecule has 0 spiro atoms. The molecule has 130 valence electrons. The number of nitrogens with zero attached hydrogens (tertiary/aromatic N) is 1. The zero-order valence-corrected chi connectivity index (χ0v) is 13.8. The van der Waals surface area contributed by atoms with Gasteiger partial charge in [-0.1, -0.05) is 30.3 Å². The van der Waals surface area contributed by atoms with Crippen LogP contribution in [0.4, 0.5) is 0 Å². The van der Waals surface area contributed by atoms with Crippen molar-refractivity contribution in [2.45, 2.75) is 43.9 Å². The molecule has 0 radical (unpaired) electrons. The highest BCUT2D eigenvalue weighted by molar-refractivity contribution is 5.82. The van der Waals surface area contributed by atoms with Gasteiger partial charge in [0.1, 0.15) is 6.10 Å². The standard InChI is InChI=1S/C18H25N3O3/c19-11-14-8-9-16(24-14)18(23)20-15(13-5-2-1-3-6-13)12-21-10-4-7-17(21)22/h1-3,5-6,14-16H,4,7-12,19H2,(H,20,23)/t14-,15?,16+/m1/s1. The number of hydrogen-bond donors (Lipinski definition) is 2. The minimum Gasteiger partial charge on any atom is -0.364 e. The normalized spacial score (nSPS) is 25.0. The number of rotatable bonds is 6. The molecule has 2 heterocycles. The van der Waals surface area contributed by atoms with Crippen LogP contribution in [0.25, 0.3) is 0 Å². The number of carbonyl (C=O) groups excluding carboxylic acids is 2. The van der Waals surface area contributed by atoms with E-state index in [1.165, 1.54) is 0 Å². The number of carbonyl (C=O) groups is 2. The molecule has 0 bridgehead atoms. The predicted molar refractivity (Wildman–Crippen MR) is 90.1 cm³/mol. The maximum Gasteiger partial charge on any atom is 0.249 e. The molecular formula is C18H25N3O3. The van der Waals surface area contributed by atoms with E-state index in [-0.39, 0.29) is 24.0 Å². The molecule has 3 N–H and O–H groups in total. The van der Waals surface area contributed by atoms with Crippen LogP contribution in [0, 0.1) is 0 Å². The number of likely N-dealkylation sites (tertiary alicyclic amines) is 1. The van der Waals surface area contributed by atoms with Crippen LogP contribution in [0.1, 0.15) is 37.3 Å². The summed E-state index contributed by atoms with van der Waals surface area (Å²) in [4.78, 5) is 26.3. The van der Waals surface area contributed by atoms with Gasteiger partial charge in [0.15, 0.2) is 0 Å². The van der Waals surface area contributed by atoms with Crippen LogP contribution in [0.15, 0.2) is 30.3 Å². The van der Waals surface area contributed by atoms with Gasteiger partial charge in [-0.05, 0) is 24.8 Å². The Hall–Kier alpha value is -1.92. The lowest BCUT2D eigenvalue weighted by Gasteiger charge is -2.26. The van der Waals surface area contributed by atoms with Crippen LogP contribution < -0.4 is 11.1 Å². The monoisotopic (exact) mass is 331 g/mol. The van der Waals surface area contributed by atoms with Gasteiger partial charge in [0.2, 0.25) is 11.8 Å². The highest BCUT2D eigenvalue weighted by Gasteiger charge is 2.32. The first-order valence-electron chi connectivity index (χ1n) is 8.66. The van der Waals surface area contributed by atoms with E-state index in [9.17, 15) is 9.59 Å². The molecule has 2 aliphatic rings. The molecule has 2 aliphatic heterocycles. The fourth-order valence-electron chi connectivity index (χ4n) is 3.37. The van der Waals surface area contributed by atoms with Gasteiger partial charge in [0, 0.05) is 26.1 Å². The second kappa shape index (κ2) is 7.77. The molecule has 2 amide bonds. The van der Waals surface area contributed by atoms with Gasteiger partial charge >= 0.3 is 0 Å². The molecule has 3 rings (SSSR count). The van der Waals surface area contributed by atoms with Crippen LogP contribution >= 0.6 is 0 Å². The molecule has 6 heteroatoms. The Morgan fingerprint density at radius 2 is 2.12 bits per heavy atom. The number of benzene rings is 1. The van der Waals surface area contributed by atoms with Crippen molar-refractivity contribution in [3.8, 4) is 0 Å². The first-order chi connectivity index (χ1) is 11.7. The number of ether oxygens (including phenoxy) is 1. The number of amides is 2. The van der Waals surface area contributed by atoms with Crippen LogP contribution in [0.5, 0.6) is 0 Å². The second-order valence-corrected chi connectivity index (χ2v) is 6.47. The van der Waals surface area contributed by atoms with Crippen molar-refractivity contribution in [1.29, 1.82) is 0 Å². The molecule has 6 nitrogen and oxygen atoms in total. The Labute approximate surface area is 142 Å². The maximum absolute atomic E-state index is 12.6. The summed E-state index contributed by atoms with van der Waals surface area (Å²) in [7, 11) is 0. The largest absolute Gasteiger partial charge is 0.364 e. The lowest BCUT2D eigenvalue weighted by atomic mass is 10.1. The van der Waals surface area contributed by atoms with Crippen molar-refractivity contribution in [2.75, 3.05) is 19.6 Å². The van der Waals surface area contributed by atoms with Gasteiger partial charge in [-0.2, -0.15) is 0 Å². The van der Waals surface area contributed by atoms with Gasteiger partial charge in [-0.15, -0.1) is 0 Å². The number of nitrogens with one attached hydrogen (secondary N) is 1. The zero-order chi connectivity index (χ0) is 16.9. The first kappa shape index (κ1) is 16.9. The fourth-order valence-corrected chi connectivity index (χ4v) is 3.37. The third kappa shape index (κ3) is 3.94. The minimum absolute atomic E-state index is 0.0314. The van der Waals surface area contributed by atoms with E-state index in [0.29, 0.717) is 25.9 Å². The summed E-state index contributed by atoms with van der Waals surface area (Å²) in [5.74, 6) is 0.0388. The van der Waals surface area contributed by atoms with Crippen molar-refractivity contribution in [3.63, 3.8) is 0 Å². The highest BCUT2D eigenvalue weighted by atomic mass is 16.5. The van der Waals surface area contributed by atoms with E-state index >= 15 is 0 Å². The molecule has 0 saturated carbocycles. The Morgan fingerprint density at radius 3 is 2.75 bits per heavy atom. The number of nitrogens with two attached hydrogens (primary N) is 1. The lowest BCUT2D eigenvalue weighted by molar-refractivity contribution is -0.134. The molecular weight excluding hydrogens is 306 g/mol. The van der Waals surface area contributed by atoms with Crippen molar-refractivity contribution in [1.82, 2.24) is 10.2 Å². The van der Waals surface area contributed by atoms with E-state index in [0.717, 1.165) is 24.9 Å². The molecule has 1 unspecified atom stereocenters. The first-order valence-corrected chi connectivity index (χ1v) is 8.66. The molecule has 0 aromatic heterocycles. The molecule has 2 fully saturated rings. The summed E-state index contributed by atoms with van der Waals surface area (Å²) in [5.41, 5.74) is 6.61. The second-order valence-electron chi connectivity index (χ2n) is 6.47.